The van der Waals surface area contributed by atoms with Crippen LogP contribution in [0.5, 0.6) is 0 Å². The monoisotopic (exact) mass is 324 g/mol. The summed E-state index contributed by atoms with van der Waals surface area (Å²) in [6, 6.07) is 0. The summed E-state index contributed by atoms with van der Waals surface area (Å²) >= 11 is 1.45. The van der Waals surface area contributed by atoms with Crippen LogP contribution >= 0.6 is 11.5 Å². The molecule has 2 fully saturated rings. The summed E-state index contributed by atoms with van der Waals surface area (Å²) in [4.78, 5) is 21.3. The van der Waals surface area contributed by atoms with E-state index in [4.69, 9.17) is 0 Å². The Morgan fingerprint density at radius 2 is 2.14 bits per heavy atom. The van der Waals surface area contributed by atoms with E-state index in [1.165, 1.54) is 11.5 Å². The largest absolute Gasteiger partial charge is 0.392 e. The van der Waals surface area contributed by atoms with Crippen LogP contribution in [0, 0.1) is 5.92 Å². The zero-order valence-electron chi connectivity index (χ0n) is 13.1. The number of carbonyl (C=O) groups is 1. The number of aliphatic hydroxyl groups is 1. The first-order valence-electron chi connectivity index (χ1n) is 8.23. The molecule has 1 aromatic rings. The Hall–Kier alpha value is -1.21. The highest BCUT2D eigenvalue weighted by atomic mass is 32.1. The Balaban J connectivity index is 1.60. The molecule has 122 valence electrons. The van der Waals surface area contributed by atoms with E-state index in [2.05, 4.69) is 21.2 Å². The predicted octanol–water partition coefficient (Wildman–Crippen LogP) is 1.30. The number of aliphatic hydroxyl groups excluding tert-OH is 1. The van der Waals surface area contributed by atoms with Crippen molar-refractivity contribution in [1.29, 1.82) is 0 Å². The Kier molecular flexibility index (Phi) is 4.93. The minimum atomic E-state index is -0.442. The fourth-order valence-corrected chi connectivity index (χ4v) is 4.11. The molecule has 1 aliphatic heterocycles. The SMILES string of the molecule is CCc1nsc(N2CCCN(C(=O)C3CCCC3O)CC2)n1. The first-order chi connectivity index (χ1) is 10.7. The lowest BCUT2D eigenvalue weighted by molar-refractivity contribution is -0.138. The van der Waals surface area contributed by atoms with Gasteiger partial charge in [0.15, 0.2) is 0 Å². The number of aryl methyl sites for hydroxylation is 1. The van der Waals surface area contributed by atoms with Gasteiger partial charge in [0, 0.05) is 44.1 Å². The lowest BCUT2D eigenvalue weighted by atomic mass is 10.0. The standard InChI is InChI=1S/C15H24N4O2S/c1-2-13-16-15(22-17-13)19-8-4-7-18(9-10-19)14(21)11-5-3-6-12(11)20/h11-12,20H,2-10H2,1H3. The van der Waals surface area contributed by atoms with Gasteiger partial charge in [0.2, 0.25) is 11.0 Å². The molecule has 0 spiro atoms. The molecule has 2 unspecified atom stereocenters. The number of hydrogen-bond acceptors (Lipinski definition) is 6. The molecule has 2 heterocycles. The summed E-state index contributed by atoms with van der Waals surface area (Å²) in [5.74, 6) is 0.851. The Bertz CT molecular complexity index is 521. The second-order valence-corrected chi connectivity index (χ2v) is 6.85. The van der Waals surface area contributed by atoms with Crippen LogP contribution in [0.2, 0.25) is 0 Å². The number of carbonyl (C=O) groups excluding carboxylic acids is 1. The van der Waals surface area contributed by atoms with Gasteiger partial charge in [-0.25, -0.2) is 4.98 Å². The topological polar surface area (TPSA) is 69.6 Å². The molecular formula is C15H24N4O2S. The zero-order chi connectivity index (χ0) is 15.5. The van der Waals surface area contributed by atoms with Gasteiger partial charge in [-0.15, -0.1) is 0 Å². The Labute approximate surface area is 135 Å². The molecule has 22 heavy (non-hydrogen) atoms. The molecule has 1 saturated carbocycles. The third-order valence-corrected chi connectivity index (χ3v) is 5.46. The first-order valence-corrected chi connectivity index (χ1v) is 9.00. The van der Waals surface area contributed by atoms with Crippen LogP contribution in [0.15, 0.2) is 0 Å². The second-order valence-electron chi connectivity index (χ2n) is 6.12. The molecule has 1 aromatic heterocycles. The third kappa shape index (κ3) is 3.25. The molecule has 1 N–H and O–H groups in total. The molecule has 1 aliphatic carbocycles. The Morgan fingerprint density at radius 3 is 2.82 bits per heavy atom. The minimum absolute atomic E-state index is 0.137. The van der Waals surface area contributed by atoms with Gasteiger partial charge in [0.05, 0.1) is 12.0 Å². The van der Waals surface area contributed by atoms with Crippen molar-refractivity contribution in [1.82, 2.24) is 14.3 Å². The summed E-state index contributed by atoms with van der Waals surface area (Å²) < 4.78 is 4.34. The van der Waals surface area contributed by atoms with Crippen molar-refractivity contribution in [2.24, 2.45) is 5.92 Å². The van der Waals surface area contributed by atoms with E-state index in [0.29, 0.717) is 6.54 Å². The lowest BCUT2D eigenvalue weighted by Gasteiger charge is -2.25. The average Bonchev–Trinajstić information content (AvgIpc) is 3.10. The average molecular weight is 324 g/mol. The van der Waals surface area contributed by atoms with E-state index >= 15 is 0 Å². The van der Waals surface area contributed by atoms with E-state index < -0.39 is 6.10 Å². The maximum absolute atomic E-state index is 12.6. The van der Waals surface area contributed by atoms with Gasteiger partial charge in [-0.1, -0.05) is 6.92 Å². The van der Waals surface area contributed by atoms with Gasteiger partial charge < -0.3 is 14.9 Å². The molecule has 2 aliphatic rings. The molecule has 3 rings (SSSR count). The molecule has 2 atom stereocenters. The van der Waals surface area contributed by atoms with Crippen molar-refractivity contribution in [3.63, 3.8) is 0 Å². The molecule has 6 nitrogen and oxygen atoms in total. The quantitative estimate of drug-likeness (QED) is 0.907. The van der Waals surface area contributed by atoms with Crippen molar-refractivity contribution in [2.75, 3.05) is 31.1 Å². The Morgan fingerprint density at radius 1 is 1.27 bits per heavy atom. The van der Waals surface area contributed by atoms with Crippen molar-refractivity contribution in [3.8, 4) is 0 Å². The second kappa shape index (κ2) is 6.91. The van der Waals surface area contributed by atoms with Crippen LogP contribution < -0.4 is 4.90 Å². The molecule has 0 radical (unpaired) electrons. The van der Waals surface area contributed by atoms with Gasteiger partial charge in [-0.2, -0.15) is 4.37 Å². The first kappa shape index (κ1) is 15.7. The molecule has 0 bridgehead atoms. The molecule has 1 amide bonds. The number of hydrogen-bond donors (Lipinski definition) is 1. The molecule has 1 saturated heterocycles. The summed E-state index contributed by atoms with van der Waals surface area (Å²) in [6.07, 6.45) is 3.91. The van der Waals surface area contributed by atoms with Gasteiger partial charge in [0.25, 0.3) is 0 Å². The fourth-order valence-electron chi connectivity index (χ4n) is 3.31. The zero-order valence-corrected chi connectivity index (χ0v) is 13.9. The maximum Gasteiger partial charge on any atom is 0.228 e. The number of rotatable bonds is 3. The van der Waals surface area contributed by atoms with E-state index in [1.807, 2.05) is 4.90 Å². The van der Waals surface area contributed by atoms with Crippen molar-refractivity contribution in [3.05, 3.63) is 5.82 Å². The molecular weight excluding hydrogens is 300 g/mol. The molecule has 0 aromatic carbocycles. The van der Waals surface area contributed by atoms with Gasteiger partial charge in [0.1, 0.15) is 5.82 Å². The summed E-state index contributed by atoms with van der Waals surface area (Å²) in [6.45, 7) is 5.25. The van der Waals surface area contributed by atoms with E-state index in [1.54, 1.807) is 0 Å². The maximum atomic E-state index is 12.6. The summed E-state index contributed by atoms with van der Waals surface area (Å²) in [5, 5.41) is 10.9. The lowest BCUT2D eigenvalue weighted by Crippen LogP contribution is -2.41. The van der Waals surface area contributed by atoms with Crippen molar-refractivity contribution < 1.29 is 9.90 Å². The number of nitrogens with zero attached hydrogens (tertiary/aromatic N) is 4. The van der Waals surface area contributed by atoms with Crippen LogP contribution in [0.3, 0.4) is 0 Å². The smallest absolute Gasteiger partial charge is 0.228 e. The van der Waals surface area contributed by atoms with Crippen molar-refractivity contribution in [2.45, 2.75) is 45.1 Å². The predicted molar refractivity (Wildman–Crippen MR) is 86.0 cm³/mol. The van der Waals surface area contributed by atoms with Crippen LogP contribution in [-0.2, 0) is 11.2 Å². The number of amides is 1. The third-order valence-electron chi connectivity index (χ3n) is 4.65. The van der Waals surface area contributed by atoms with E-state index in [9.17, 15) is 9.90 Å². The van der Waals surface area contributed by atoms with Gasteiger partial charge >= 0.3 is 0 Å². The summed E-state index contributed by atoms with van der Waals surface area (Å²) in [7, 11) is 0. The van der Waals surface area contributed by atoms with E-state index in [0.717, 1.165) is 62.7 Å². The molecule has 7 heteroatoms. The summed E-state index contributed by atoms with van der Waals surface area (Å²) in [5.41, 5.74) is 0. The fraction of sp³-hybridized carbons (Fsp3) is 0.800. The van der Waals surface area contributed by atoms with Crippen molar-refractivity contribution >= 4 is 22.6 Å². The van der Waals surface area contributed by atoms with E-state index in [-0.39, 0.29) is 11.8 Å². The van der Waals surface area contributed by atoms with Gasteiger partial charge in [-0.05, 0) is 25.7 Å². The highest BCUT2D eigenvalue weighted by Crippen LogP contribution is 2.28. The number of anilines is 1. The highest BCUT2D eigenvalue weighted by molar-refractivity contribution is 7.09. The number of aromatic nitrogens is 2. The van der Waals surface area contributed by atoms with Crippen LogP contribution in [0.1, 0.15) is 38.4 Å². The van der Waals surface area contributed by atoms with Crippen LogP contribution in [0.25, 0.3) is 0 Å². The van der Waals surface area contributed by atoms with Crippen LogP contribution in [-0.4, -0.2) is 57.6 Å². The van der Waals surface area contributed by atoms with Gasteiger partial charge in [-0.3, -0.25) is 4.79 Å². The normalized spacial score (nSPS) is 26.3. The highest BCUT2D eigenvalue weighted by Gasteiger charge is 2.35. The van der Waals surface area contributed by atoms with Crippen LogP contribution in [0.4, 0.5) is 5.13 Å². The minimum Gasteiger partial charge on any atom is -0.392 e.